The normalized spacial score (nSPS) is 33.5. The summed E-state index contributed by atoms with van der Waals surface area (Å²) < 4.78 is 0. The van der Waals surface area contributed by atoms with E-state index in [4.69, 9.17) is 5.73 Å². The third-order valence-electron chi connectivity index (χ3n) is 3.30. The topological polar surface area (TPSA) is 48.0 Å². The van der Waals surface area contributed by atoms with Gasteiger partial charge in [-0.2, -0.15) is 0 Å². The monoisotopic (exact) mass is 198 g/mol. The summed E-state index contributed by atoms with van der Waals surface area (Å²) >= 11 is 0. The van der Waals surface area contributed by atoms with Gasteiger partial charge in [0.05, 0.1) is 17.6 Å². The number of rotatable bonds is 2. The third kappa shape index (κ3) is 1.26. The van der Waals surface area contributed by atoms with Crippen LogP contribution in [0.4, 0.5) is 0 Å². The number of benzene rings is 1. The van der Waals surface area contributed by atoms with Crippen LogP contribution in [0.2, 0.25) is 0 Å². The van der Waals surface area contributed by atoms with Gasteiger partial charge in [-0.25, -0.2) is 0 Å². The lowest BCUT2D eigenvalue weighted by Crippen LogP contribution is -2.32. The number of nitrogens with one attached hydrogen (secondary N) is 1. The van der Waals surface area contributed by atoms with Gasteiger partial charge in [0.25, 0.3) is 0 Å². The van der Waals surface area contributed by atoms with Crippen molar-refractivity contribution in [3.63, 3.8) is 0 Å². The van der Waals surface area contributed by atoms with Gasteiger partial charge in [-0.1, -0.05) is 54.6 Å². The maximum absolute atomic E-state index is 6.30. The molecule has 0 bridgehead atoms. The van der Waals surface area contributed by atoms with Crippen LogP contribution >= 0.6 is 0 Å². The van der Waals surface area contributed by atoms with Crippen LogP contribution in [-0.4, -0.2) is 11.6 Å². The second-order valence-corrected chi connectivity index (χ2v) is 4.19. The standard InChI is InChI=1S/C13H14N2/c14-12(10-6-2-1-3-7-10)13-9-5-4-8-11(13)15-13/h1-9,11-12,15H,14H2. The van der Waals surface area contributed by atoms with Crippen LogP contribution in [0.1, 0.15) is 11.6 Å². The fraction of sp³-hybridized carbons (Fsp3) is 0.231. The maximum Gasteiger partial charge on any atom is 0.0760 e. The SMILES string of the molecule is NC(c1ccccc1)C12C=CC=CC1N2. The average molecular weight is 198 g/mol. The average Bonchev–Trinajstić information content (AvgIpc) is 3.05. The molecule has 0 amide bonds. The van der Waals surface area contributed by atoms with Gasteiger partial charge in [-0.05, 0) is 5.56 Å². The van der Waals surface area contributed by atoms with Crippen molar-refractivity contribution in [2.24, 2.45) is 5.73 Å². The lowest BCUT2D eigenvalue weighted by atomic mass is 9.88. The van der Waals surface area contributed by atoms with Crippen LogP contribution in [0, 0.1) is 0 Å². The number of hydrogen-bond acceptors (Lipinski definition) is 2. The van der Waals surface area contributed by atoms with Crippen molar-refractivity contribution in [1.82, 2.24) is 5.32 Å². The van der Waals surface area contributed by atoms with Gasteiger partial charge in [0, 0.05) is 0 Å². The summed E-state index contributed by atoms with van der Waals surface area (Å²) in [5, 5.41) is 3.44. The van der Waals surface area contributed by atoms with E-state index in [-0.39, 0.29) is 11.6 Å². The number of hydrogen-bond donors (Lipinski definition) is 2. The first kappa shape index (κ1) is 8.89. The van der Waals surface area contributed by atoms with Crippen molar-refractivity contribution in [3.05, 3.63) is 60.2 Å². The van der Waals surface area contributed by atoms with E-state index in [1.807, 2.05) is 18.2 Å². The second kappa shape index (κ2) is 3.05. The summed E-state index contributed by atoms with van der Waals surface area (Å²) in [7, 11) is 0. The third-order valence-corrected chi connectivity index (χ3v) is 3.30. The quantitative estimate of drug-likeness (QED) is 0.708. The van der Waals surface area contributed by atoms with Crippen LogP contribution < -0.4 is 11.1 Å². The van der Waals surface area contributed by atoms with Gasteiger partial charge in [0.1, 0.15) is 0 Å². The number of nitrogens with two attached hydrogens (primary N) is 1. The molecule has 2 nitrogen and oxygen atoms in total. The van der Waals surface area contributed by atoms with Gasteiger partial charge >= 0.3 is 0 Å². The lowest BCUT2D eigenvalue weighted by Gasteiger charge is -2.20. The van der Waals surface area contributed by atoms with Crippen LogP contribution in [0.3, 0.4) is 0 Å². The molecule has 3 unspecified atom stereocenters. The van der Waals surface area contributed by atoms with Crippen molar-refractivity contribution in [2.45, 2.75) is 17.6 Å². The summed E-state index contributed by atoms with van der Waals surface area (Å²) in [5.74, 6) is 0. The number of fused-ring (bicyclic) bond motifs is 1. The highest BCUT2D eigenvalue weighted by Crippen LogP contribution is 2.41. The van der Waals surface area contributed by atoms with E-state index in [1.54, 1.807) is 0 Å². The van der Waals surface area contributed by atoms with E-state index in [0.29, 0.717) is 6.04 Å². The second-order valence-electron chi connectivity index (χ2n) is 4.19. The zero-order chi connectivity index (χ0) is 10.3. The largest absolute Gasteiger partial charge is 0.322 e. The molecule has 3 N–H and O–H groups in total. The molecule has 0 spiro atoms. The Labute approximate surface area is 89.5 Å². The highest BCUT2D eigenvalue weighted by Gasteiger charge is 2.55. The molecule has 2 heteroatoms. The molecule has 0 aromatic heterocycles. The summed E-state index contributed by atoms with van der Waals surface area (Å²) in [6.07, 6.45) is 8.48. The maximum atomic E-state index is 6.30. The minimum Gasteiger partial charge on any atom is -0.322 e. The Bertz CT molecular complexity index is 421. The highest BCUT2D eigenvalue weighted by molar-refractivity contribution is 5.43. The minimum absolute atomic E-state index is 0.0316. The Morgan fingerprint density at radius 1 is 1.20 bits per heavy atom. The van der Waals surface area contributed by atoms with Crippen LogP contribution in [0.25, 0.3) is 0 Å². The summed E-state index contributed by atoms with van der Waals surface area (Å²) in [6.45, 7) is 0. The first-order valence-corrected chi connectivity index (χ1v) is 5.27. The van der Waals surface area contributed by atoms with Gasteiger partial charge in [0.2, 0.25) is 0 Å². The predicted molar refractivity (Wildman–Crippen MR) is 61.3 cm³/mol. The number of allylic oxidation sites excluding steroid dienone is 2. The Kier molecular flexibility index (Phi) is 1.81. The van der Waals surface area contributed by atoms with E-state index in [0.717, 1.165) is 0 Å². The Balaban J connectivity index is 1.91. The molecule has 1 aromatic carbocycles. The highest BCUT2D eigenvalue weighted by atomic mass is 15.2. The van der Waals surface area contributed by atoms with Gasteiger partial charge in [0.15, 0.2) is 0 Å². The van der Waals surface area contributed by atoms with E-state index in [1.165, 1.54) is 5.56 Å². The van der Waals surface area contributed by atoms with Crippen LogP contribution in [-0.2, 0) is 0 Å². The summed E-state index contributed by atoms with van der Waals surface area (Å²) in [5.41, 5.74) is 7.45. The van der Waals surface area contributed by atoms with Crippen molar-refractivity contribution in [3.8, 4) is 0 Å². The molecule has 3 atom stereocenters. The Morgan fingerprint density at radius 3 is 2.73 bits per heavy atom. The molecule has 1 aliphatic carbocycles. The van der Waals surface area contributed by atoms with E-state index < -0.39 is 0 Å². The van der Waals surface area contributed by atoms with E-state index >= 15 is 0 Å². The molecular formula is C13H14N2. The fourth-order valence-electron chi connectivity index (χ4n) is 2.30. The van der Waals surface area contributed by atoms with Crippen molar-refractivity contribution in [1.29, 1.82) is 0 Å². The molecule has 2 aliphatic rings. The van der Waals surface area contributed by atoms with Crippen LogP contribution in [0.5, 0.6) is 0 Å². The molecule has 1 saturated heterocycles. The van der Waals surface area contributed by atoms with E-state index in [9.17, 15) is 0 Å². The molecule has 15 heavy (non-hydrogen) atoms. The smallest absolute Gasteiger partial charge is 0.0760 e. The predicted octanol–water partition coefficient (Wildman–Crippen LogP) is 1.52. The zero-order valence-electron chi connectivity index (χ0n) is 8.43. The van der Waals surface area contributed by atoms with Crippen LogP contribution in [0.15, 0.2) is 54.6 Å². The first-order valence-electron chi connectivity index (χ1n) is 5.27. The zero-order valence-corrected chi connectivity index (χ0v) is 8.43. The Morgan fingerprint density at radius 2 is 2.00 bits per heavy atom. The lowest BCUT2D eigenvalue weighted by molar-refractivity contribution is 0.588. The first-order chi connectivity index (χ1) is 7.33. The molecule has 1 aliphatic heterocycles. The molecule has 1 fully saturated rings. The molecule has 1 aromatic rings. The summed E-state index contributed by atoms with van der Waals surface area (Å²) in [4.78, 5) is 0. The fourth-order valence-corrected chi connectivity index (χ4v) is 2.30. The molecule has 76 valence electrons. The molecule has 1 heterocycles. The molecule has 3 rings (SSSR count). The summed E-state index contributed by atoms with van der Waals surface area (Å²) in [6, 6.07) is 10.7. The molecule has 0 radical (unpaired) electrons. The van der Waals surface area contributed by atoms with E-state index in [2.05, 4.69) is 41.8 Å². The molecule has 0 saturated carbocycles. The van der Waals surface area contributed by atoms with Gasteiger partial charge < -0.3 is 5.73 Å². The van der Waals surface area contributed by atoms with Gasteiger partial charge in [-0.15, -0.1) is 0 Å². The molecular weight excluding hydrogens is 184 g/mol. The van der Waals surface area contributed by atoms with Crippen molar-refractivity contribution >= 4 is 0 Å². The minimum atomic E-state index is -0.0316. The van der Waals surface area contributed by atoms with Crippen molar-refractivity contribution < 1.29 is 0 Å². The van der Waals surface area contributed by atoms with Gasteiger partial charge in [-0.3, -0.25) is 5.32 Å². The van der Waals surface area contributed by atoms with Crippen molar-refractivity contribution in [2.75, 3.05) is 0 Å². The Hall–Kier alpha value is -1.38.